The summed E-state index contributed by atoms with van der Waals surface area (Å²) < 4.78 is 50.0. The van der Waals surface area contributed by atoms with E-state index in [4.69, 9.17) is 9.47 Å². The third-order valence-electron chi connectivity index (χ3n) is 6.81. The Bertz CT molecular complexity index is 1360. The normalized spacial score (nSPS) is 13.6. The minimum Gasteiger partial charge on any atom is -0.495 e. The number of piperazine rings is 1. The highest BCUT2D eigenvalue weighted by Crippen LogP contribution is 2.32. The molecule has 3 aromatic carbocycles. The molecule has 0 saturated carbocycles. The molecule has 0 unspecified atom stereocenters. The molecule has 2 N–H and O–H groups in total. The zero-order chi connectivity index (χ0) is 29.4. The van der Waals surface area contributed by atoms with E-state index in [2.05, 4.69) is 20.4 Å². The van der Waals surface area contributed by atoms with E-state index in [9.17, 15) is 22.8 Å². The Morgan fingerprint density at radius 3 is 2.24 bits per heavy atom. The average Bonchev–Trinajstić information content (AvgIpc) is 2.99. The number of para-hydroxylation sites is 2. The molecule has 8 nitrogen and oxygen atoms in total. The maximum absolute atomic E-state index is 13.3. The van der Waals surface area contributed by atoms with Gasteiger partial charge in [-0.25, -0.2) is 0 Å². The summed E-state index contributed by atoms with van der Waals surface area (Å²) in [5.74, 6) is -0.239. The second-order valence-electron chi connectivity index (χ2n) is 9.51. The van der Waals surface area contributed by atoms with Crippen molar-refractivity contribution in [1.29, 1.82) is 0 Å². The number of carbonyl (C=O) groups excluding carboxylic acids is 2. The molecule has 0 aliphatic carbocycles. The maximum Gasteiger partial charge on any atom is 0.416 e. The SMILES string of the molecule is COCCCNC(=O)c1cc(NC(=O)c2cccc(C(F)(F)F)c2)ccc1N1CCN(c2ccccc2OC)CC1. The van der Waals surface area contributed by atoms with Crippen LogP contribution in [0, 0.1) is 0 Å². The molecule has 0 bridgehead atoms. The number of hydrogen-bond acceptors (Lipinski definition) is 6. The van der Waals surface area contributed by atoms with E-state index in [0.717, 1.165) is 23.6 Å². The number of rotatable bonds is 10. The third-order valence-corrected chi connectivity index (χ3v) is 6.81. The monoisotopic (exact) mass is 570 g/mol. The predicted molar refractivity (Wildman–Crippen MR) is 152 cm³/mol. The zero-order valence-corrected chi connectivity index (χ0v) is 23.0. The number of ether oxygens (including phenoxy) is 2. The van der Waals surface area contributed by atoms with Crippen LogP contribution in [0.25, 0.3) is 0 Å². The molecule has 1 aliphatic heterocycles. The van der Waals surface area contributed by atoms with Crippen molar-refractivity contribution >= 4 is 28.9 Å². The van der Waals surface area contributed by atoms with Gasteiger partial charge in [0.1, 0.15) is 5.75 Å². The van der Waals surface area contributed by atoms with E-state index in [1.807, 2.05) is 24.3 Å². The van der Waals surface area contributed by atoms with Gasteiger partial charge in [0.2, 0.25) is 0 Å². The Kier molecular flexibility index (Phi) is 9.72. The Balaban J connectivity index is 1.54. The van der Waals surface area contributed by atoms with Crippen molar-refractivity contribution in [2.75, 3.05) is 68.7 Å². The van der Waals surface area contributed by atoms with Gasteiger partial charge >= 0.3 is 6.18 Å². The van der Waals surface area contributed by atoms with Crippen LogP contribution in [0.5, 0.6) is 5.75 Å². The van der Waals surface area contributed by atoms with Gasteiger partial charge in [-0.05, 0) is 55.0 Å². The molecule has 4 rings (SSSR count). The van der Waals surface area contributed by atoms with Gasteiger partial charge in [0.15, 0.2) is 0 Å². The maximum atomic E-state index is 13.3. The minimum atomic E-state index is -4.57. The van der Waals surface area contributed by atoms with Gasteiger partial charge < -0.3 is 29.9 Å². The molecule has 41 heavy (non-hydrogen) atoms. The lowest BCUT2D eigenvalue weighted by molar-refractivity contribution is -0.137. The summed E-state index contributed by atoms with van der Waals surface area (Å²) in [5, 5.41) is 5.52. The molecule has 3 aromatic rings. The Morgan fingerprint density at radius 2 is 1.56 bits per heavy atom. The van der Waals surface area contributed by atoms with Gasteiger partial charge in [0.05, 0.1) is 23.9 Å². The molecule has 0 aromatic heterocycles. The van der Waals surface area contributed by atoms with Crippen LogP contribution < -0.4 is 25.2 Å². The number of methoxy groups -OCH3 is 2. The van der Waals surface area contributed by atoms with Crippen LogP contribution in [0.15, 0.2) is 66.7 Å². The van der Waals surface area contributed by atoms with Crippen LogP contribution in [-0.2, 0) is 10.9 Å². The molecule has 1 fully saturated rings. The van der Waals surface area contributed by atoms with Gasteiger partial charge in [0.25, 0.3) is 11.8 Å². The summed E-state index contributed by atoms with van der Waals surface area (Å²) in [7, 11) is 3.22. The van der Waals surface area contributed by atoms with Crippen molar-refractivity contribution in [3.05, 3.63) is 83.4 Å². The van der Waals surface area contributed by atoms with Crippen molar-refractivity contribution < 1.29 is 32.2 Å². The van der Waals surface area contributed by atoms with E-state index in [0.29, 0.717) is 62.7 Å². The lowest BCUT2D eigenvalue weighted by Gasteiger charge is -2.38. The summed E-state index contributed by atoms with van der Waals surface area (Å²) in [6.45, 7) is 3.56. The van der Waals surface area contributed by atoms with E-state index >= 15 is 0 Å². The van der Waals surface area contributed by atoms with Crippen LogP contribution in [0.3, 0.4) is 0 Å². The highest BCUT2D eigenvalue weighted by Gasteiger charge is 2.31. The first kappa shape index (κ1) is 29.7. The van der Waals surface area contributed by atoms with Crippen LogP contribution in [0.2, 0.25) is 0 Å². The topological polar surface area (TPSA) is 83.1 Å². The van der Waals surface area contributed by atoms with Crippen LogP contribution in [0.4, 0.5) is 30.2 Å². The largest absolute Gasteiger partial charge is 0.495 e. The summed E-state index contributed by atoms with van der Waals surface area (Å²) in [4.78, 5) is 30.4. The lowest BCUT2D eigenvalue weighted by Crippen LogP contribution is -2.47. The highest BCUT2D eigenvalue weighted by atomic mass is 19.4. The molecule has 1 aliphatic rings. The second kappa shape index (κ2) is 13.4. The summed E-state index contributed by atoms with van der Waals surface area (Å²) >= 11 is 0. The fourth-order valence-electron chi connectivity index (χ4n) is 4.70. The molecule has 0 spiro atoms. The van der Waals surface area contributed by atoms with Gasteiger partial charge in [-0.1, -0.05) is 18.2 Å². The average molecular weight is 571 g/mol. The molecular weight excluding hydrogens is 537 g/mol. The Hall–Kier alpha value is -4.25. The number of anilines is 3. The smallest absolute Gasteiger partial charge is 0.416 e. The summed E-state index contributed by atoms with van der Waals surface area (Å²) in [6, 6.07) is 17.0. The number of halogens is 3. The van der Waals surface area contributed by atoms with Crippen LogP contribution in [-0.4, -0.2) is 65.4 Å². The van der Waals surface area contributed by atoms with Gasteiger partial charge in [-0.2, -0.15) is 13.2 Å². The van der Waals surface area contributed by atoms with Gasteiger partial charge in [-0.3, -0.25) is 9.59 Å². The van der Waals surface area contributed by atoms with E-state index in [1.165, 1.54) is 12.1 Å². The molecule has 11 heteroatoms. The predicted octanol–water partition coefficient (Wildman–Crippen LogP) is 5.06. The Morgan fingerprint density at radius 1 is 0.854 bits per heavy atom. The van der Waals surface area contributed by atoms with Crippen LogP contribution in [0.1, 0.15) is 32.7 Å². The fourth-order valence-corrected chi connectivity index (χ4v) is 4.70. The van der Waals surface area contributed by atoms with E-state index in [-0.39, 0.29) is 11.5 Å². The second-order valence-corrected chi connectivity index (χ2v) is 9.51. The number of amides is 2. The molecule has 0 atom stereocenters. The van der Waals surface area contributed by atoms with Crippen molar-refractivity contribution in [1.82, 2.24) is 5.32 Å². The van der Waals surface area contributed by atoms with E-state index < -0.39 is 17.6 Å². The standard InChI is InChI=1S/C30H33F3N4O4/c1-40-18-6-13-34-29(39)24-20-23(35-28(38)21-7-5-8-22(19-21)30(31,32)33)11-12-25(24)36-14-16-37(17-15-36)26-9-3-4-10-27(26)41-2/h3-5,7-12,19-20H,6,13-18H2,1-2H3,(H,34,39)(H,35,38). The first-order chi connectivity index (χ1) is 19.7. The van der Waals surface area contributed by atoms with Gasteiger partial charge in [0, 0.05) is 63.4 Å². The summed E-state index contributed by atoms with van der Waals surface area (Å²) in [5.41, 5.74) is 1.30. The number of nitrogens with zero attached hydrogens (tertiary/aromatic N) is 2. The summed E-state index contributed by atoms with van der Waals surface area (Å²) in [6.07, 6.45) is -3.94. The molecule has 2 amide bonds. The van der Waals surface area contributed by atoms with Crippen molar-refractivity contribution in [2.24, 2.45) is 0 Å². The van der Waals surface area contributed by atoms with E-state index in [1.54, 1.807) is 32.4 Å². The number of carbonyl (C=O) groups is 2. The fraction of sp³-hybridized carbons (Fsp3) is 0.333. The highest BCUT2D eigenvalue weighted by molar-refractivity contribution is 6.06. The van der Waals surface area contributed by atoms with Crippen molar-refractivity contribution in [2.45, 2.75) is 12.6 Å². The Labute approximate surface area is 237 Å². The minimum absolute atomic E-state index is 0.137. The molecule has 1 heterocycles. The molecule has 218 valence electrons. The number of nitrogens with one attached hydrogen (secondary N) is 2. The molecular formula is C30H33F3N4O4. The number of benzene rings is 3. The quantitative estimate of drug-likeness (QED) is 0.332. The third kappa shape index (κ3) is 7.49. The molecule has 0 radical (unpaired) electrons. The van der Waals surface area contributed by atoms with Crippen molar-refractivity contribution in [3.8, 4) is 5.75 Å². The number of alkyl halides is 3. The lowest BCUT2D eigenvalue weighted by atomic mass is 10.1. The molecule has 1 saturated heterocycles. The first-order valence-corrected chi connectivity index (χ1v) is 13.2. The zero-order valence-electron chi connectivity index (χ0n) is 23.0. The number of hydrogen-bond donors (Lipinski definition) is 2. The van der Waals surface area contributed by atoms with Crippen LogP contribution >= 0.6 is 0 Å². The van der Waals surface area contributed by atoms with Gasteiger partial charge in [-0.15, -0.1) is 0 Å². The first-order valence-electron chi connectivity index (χ1n) is 13.2. The van der Waals surface area contributed by atoms with Crippen molar-refractivity contribution in [3.63, 3.8) is 0 Å².